The number of halogens is 2. The first kappa shape index (κ1) is 22.8. The quantitative estimate of drug-likeness (QED) is 0.395. The summed E-state index contributed by atoms with van der Waals surface area (Å²) >= 11 is 6.66. The third-order valence-corrected chi connectivity index (χ3v) is 6.53. The third-order valence-electron chi connectivity index (χ3n) is 6.22. The highest BCUT2D eigenvalue weighted by atomic mass is 35.5. The molecule has 8 heteroatoms. The second kappa shape index (κ2) is 9.35. The number of nitrogens with zero attached hydrogens (tertiary/aromatic N) is 4. The van der Waals surface area contributed by atoms with Crippen LogP contribution in [0.2, 0.25) is 5.02 Å². The van der Waals surface area contributed by atoms with Crippen LogP contribution in [0.15, 0.2) is 73.3 Å². The number of phenolic OH excluding ortho intramolecular Hbond substituents is 1. The number of hydrogen-bond acceptors (Lipinski definition) is 5. The summed E-state index contributed by atoms with van der Waals surface area (Å²) in [5, 5.41) is 21.3. The molecule has 0 saturated carbocycles. The van der Waals surface area contributed by atoms with Crippen LogP contribution in [0.3, 0.4) is 0 Å². The van der Waals surface area contributed by atoms with Gasteiger partial charge in [-0.25, -0.2) is 4.39 Å². The molecule has 5 rings (SSSR count). The zero-order valence-electron chi connectivity index (χ0n) is 18.8. The molecule has 0 spiro atoms. The number of hydrogen-bond donors (Lipinski definition) is 1. The number of aromatic hydroxyl groups is 1. The molecule has 2 heterocycles. The fourth-order valence-corrected chi connectivity index (χ4v) is 4.70. The molecule has 0 aliphatic carbocycles. The van der Waals surface area contributed by atoms with Crippen molar-refractivity contribution in [3.05, 3.63) is 84.2 Å². The van der Waals surface area contributed by atoms with Crippen LogP contribution in [0.1, 0.15) is 0 Å². The minimum Gasteiger partial charge on any atom is -0.507 e. The number of phenols is 1. The second-order valence-electron chi connectivity index (χ2n) is 8.27. The summed E-state index contributed by atoms with van der Waals surface area (Å²) in [6, 6.07) is 17.3. The predicted molar refractivity (Wildman–Crippen MR) is 136 cm³/mol. The first-order valence-corrected chi connectivity index (χ1v) is 11.5. The average Bonchev–Trinajstić information content (AvgIpc) is 2.88. The minimum absolute atomic E-state index is 0.0322. The summed E-state index contributed by atoms with van der Waals surface area (Å²) in [4.78, 5) is 15.8. The van der Waals surface area contributed by atoms with E-state index in [-0.39, 0.29) is 22.2 Å². The number of carbonyl (C=O) groups is 1. The Morgan fingerprint density at radius 2 is 1.74 bits per heavy atom. The van der Waals surface area contributed by atoms with Gasteiger partial charge in [0, 0.05) is 53.1 Å². The first-order chi connectivity index (χ1) is 17.0. The lowest BCUT2D eigenvalue weighted by molar-refractivity contribution is -0.126. The Kier molecular flexibility index (Phi) is 6.09. The van der Waals surface area contributed by atoms with Crippen molar-refractivity contribution in [2.75, 3.05) is 31.1 Å². The van der Waals surface area contributed by atoms with Crippen molar-refractivity contribution in [2.45, 2.75) is 0 Å². The maximum absolute atomic E-state index is 14.8. The van der Waals surface area contributed by atoms with Crippen LogP contribution in [0.5, 0.6) is 5.75 Å². The second-order valence-corrected chi connectivity index (χ2v) is 8.67. The molecule has 4 aromatic rings. The van der Waals surface area contributed by atoms with E-state index < -0.39 is 5.82 Å². The summed E-state index contributed by atoms with van der Waals surface area (Å²) < 4.78 is 14.8. The Bertz CT molecular complexity index is 1420. The Morgan fingerprint density at radius 3 is 2.43 bits per heavy atom. The van der Waals surface area contributed by atoms with Gasteiger partial charge in [-0.3, -0.25) is 4.79 Å². The van der Waals surface area contributed by atoms with Gasteiger partial charge in [0.2, 0.25) is 5.91 Å². The van der Waals surface area contributed by atoms with Crippen molar-refractivity contribution in [3.8, 4) is 28.1 Å². The molecule has 0 radical (unpaired) electrons. The Morgan fingerprint density at radius 1 is 1.00 bits per heavy atom. The van der Waals surface area contributed by atoms with E-state index in [2.05, 4.69) is 21.7 Å². The number of carbonyl (C=O) groups excluding carboxylic acids is 1. The molecule has 1 saturated heterocycles. The average molecular weight is 489 g/mol. The number of amides is 1. The van der Waals surface area contributed by atoms with Crippen molar-refractivity contribution < 1.29 is 14.3 Å². The van der Waals surface area contributed by atoms with E-state index in [1.807, 2.05) is 30.3 Å². The van der Waals surface area contributed by atoms with Gasteiger partial charge in [-0.1, -0.05) is 54.6 Å². The van der Waals surface area contributed by atoms with Crippen LogP contribution in [0, 0.1) is 5.82 Å². The van der Waals surface area contributed by atoms with Gasteiger partial charge in [0.15, 0.2) is 5.82 Å². The van der Waals surface area contributed by atoms with E-state index in [9.17, 15) is 14.3 Å². The molecule has 1 amide bonds. The van der Waals surface area contributed by atoms with Gasteiger partial charge in [-0.05, 0) is 30.3 Å². The summed E-state index contributed by atoms with van der Waals surface area (Å²) in [5.74, 6) is -0.271. The van der Waals surface area contributed by atoms with Crippen LogP contribution in [-0.2, 0) is 4.79 Å². The smallest absolute Gasteiger partial charge is 0.246 e. The molecule has 1 N–H and O–H groups in total. The standard InChI is InChI=1S/C27H22ClFN4O2/c1-2-24(35)32-11-13-33(14-12-32)27-19-15-20(25-22(29)9-6-10-23(25)34)21(28)16-18(19)26(30-31-27)17-7-4-3-5-8-17/h2-10,15-16,34H,1,11-14H2. The number of benzene rings is 3. The van der Waals surface area contributed by atoms with Crippen molar-refractivity contribution in [2.24, 2.45) is 0 Å². The number of piperazine rings is 1. The highest BCUT2D eigenvalue weighted by Crippen LogP contribution is 2.42. The van der Waals surface area contributed by atoms with E-state index >= 15 is 0 Å². The molecule has 0 atom stereocenters. The fourth-order valence-electron chi connectivity index (χ4n) is 4.44. The number of rotatable bonds is 4. The van der Waals surface area contributed by atoms with Crippen molar-refractivity contribution >= 4 is 34.1 Å². The molecule has 1 aliphatic rings. The number of anilines is 1. The summed E-state index contributed by atoms with van der Waals surface area (Å²) in [6.07, 6.45) is 1.31. The monoisotopic (exact) mass is 488 g/mol. The summed E-state index contributed by atoms with van der Waals surface area (Å²) in [7, 11) is 0. The molecule has 6 nitrogen and oxygen atoms in total. The molecule has 1 aliphatic heterocycles. The fraction of sp³-hybridized carbons (Fsp3) is 0.148. The molecule has 0 unspecified atom stereocenters. The van der Waals surface area contributed by atoms with E-state index in [1.165, 1.54) is 24.3 Å². The van der Waals surface area contributed by atoms with Crippen LogP contribution < -0.4 is 4.90 Å². The van der Waals surface area contributed by atoms with Gasteiger partial charge >= 0.3 is 0 Å². The Labute approximate surface area is 206 Å². The van der Waals surface area contributed by atoms with E-state index in [0.717, 1.165) is 16.3 Å². The molecule has 35 heavy (non-hydrogen) atoms. The van der Waals surface area contributed by atoms with Crippen LogP contribution in [0.4, 0.5) is 10.2 Å². The van der Waals surface area contributed by atoms with Gasteiger partial charge in [0.1, 0.15) is 17.3 Å². The number of fused-ring (bicyclic) bond motifs is 1. The Hall–Kier alpha value is -3.97. The van der Waals surface area contributed by atoms with E-state index in [0.29, 0.717) is 43.3 Å². The Balaban J connectivity index is 1.69. The van der Waals surface area contributed by atoms with Crippen LogP contribution in [0.25, 0.3) is 33.2 Å². The third kappa shape index (κ3) is 4.19. The molecular formula is C27H22ClFN4O2. The first-order valence-electron chi connectivity index (χ1n) is 11.2. The molecule has 1 fully saturated rings. The normalized spacial score (nSPS) is 13.8. The van der Waals surface area contributed by atoms with Crippen molar-refractivity contribution in [3.63, 3.8) is 0 Å². The van der Waals surface area contributed by atoms with E-state index in [4.69, 9.17) is 11.6 Å². The molecule has 0 bridgehead atoms. The lowest BCUT2D eigenvalue weighted by Crippen LogP contribution is -2.48. The maximum atomic E-state index is 14.8. The van der Waals surface area contributed by atoms with Gasteiger partial charge in [0.05, 0.1) is 5.56 Å². The zero-order chi connectivity index (χ0) is 24.5. The summed E-state index contributed by atoms with van der Waals surface area (Å²) in [5.41, 5.74) is 1.92. The molecular weight excluding hydrogens is 467 g/mol. The molecule has 1 aromatic heterocycles. The maximum Gasteiger partial charge on any atom is 0.246 e. The van der Waals surface area contributed by atoms with Crippen molar-refractivity contribution in [1.82, 2.24) is 15.1 Å². The van der Waals surface area contributed by atoms with Gasteiger partial charge in [-0.2, -0.15) is 0 Å². The lowest BCUT2D eigenvalue weighted by atomic mass is 9.97. The lowest BCUT2D eigenvalue weighted by Gasteiger charge is -2.35. The van der Waals surface area contributed by atoms with Gasteiger partial charge in [0.25, 0.3) is 0 Å². The zero-order valence-corrected chi connectivity index (χ0v) is 19.5. The predicted octanol–water partition coefficient (Wildman–Crippen LogP) is 5.30. The highest BCUT2D eigenvalue weighted by molar-refractivity contribution is 6.34. The highest BCUT2D eigenvalue weighted by Gasteiger charge is 2.25. The van der Waals surface area contributed by atoms with Gasteiger partial charge in [-0.15, -0.1) is 10.2 Å². The minimum atomic E-state index is -0.574. The molecule has 176 valence electrons. The van der Waals surface area contributed by atoms with Crippen LogP contribution >= 0.6 is 11.6 Å². The molecule has 3 aromatic carbocycles. The van der Waals surface area contributed by atoms with E-state index in [1.54, 1.807) is 17.0 Å². The largest absolute Gasteiger partial charge is 0.507 e. The SMILES string of the molecule is C=CC(=O)N1CCN(c2nnc(-c3ccccc3)c3cc(Cl)c(-c4c(O)cccc4F)cc23)CC1. The van der Waals surface area contributed by atoms with Crippen LogP contribution in [-0.4, -0.2) is 52.3 Å². The van der Waals surface area contributed by atoms with Gasteiger partial charge < -0.3 is 14.9 Å². The number of aromatic nitrogens is 2. The van der Waals surface area contributed by atoms with Crippen molar-refractivity contribution in [1.29, 1.82) is 0 Å². The summed E-state index contributed by atoms with van der Waals surface area (Å²) in [6.45, 7) is 5.70. The topological polar surface area (TPSA) is 69.6 Å².